The zero-order valence-electron chi connectivity index (χ0n) is 11.6. The van der Waals surface area contributed by atoms with Gasteiger partial charge in [-0.3, -0.25) is 9.59 Å². The third-order valence-electron chi connectivity index (χ3n) is 2.99. The molecule has 0 radical (unpaired) electrons. The molecule has 1 aromatic heterocycles. The predicted octanol–water partition coefficient (Wildman–Crippen LogP) is 3.99. The summed E-state index contributed by atoms with van der Waals surface area (Å²) < 4.78 is 0. The van der Waals surface area contributed by atoms with Crippen molar-refractivity contribution in [1.82, 2.24) is 10.3 Å². The molecule has 0 aliphatic rings. The van der Waals surface area contributed by atoms with E-state index in [2.05, 4.69) is 10.3 Å². The maximum Gasteiger partial charge on any atom is 0.305 e. The molecule has 0 aliphatic heterocycles. The molecule has 0 saturated carbocycles. The normalized spacial score (nSPS) is 11.8. The van der Waals surface area contributed by atoms with Crippen LogP contribution in [-0.4, -0.2) is 22.0 Å². The van der Waals surface area contributed by atoms with Crippen molar-refractivity contribution in [2.75, 3.05) is 0 Å². The Morgan fingerprint density at radius 2 is 1.78 bits per heavy atom. The molecule has 1 aromatic carbocycles. The maximum absolute atomic E-state index is 12.3. The lowest BCUT2D eigenvalue weighted by atomic mass is 10.0. The fraction of sp³-hybridized carbons (Fsp3) is 0.133. The Hall–Kier alpha value is -1.82. The number of halogens is 3. The van der Waals surface area contributed by atoms with Gasteiger partial charge in [0.05, 0.1) is 17.5 Å². The number of carboxylic acid groups (broad SMARTS) is 1. The van der Waals surface area contributed by atoms with Gasteiger partial charge in [0.1, 0.15) is 10.8 Å². The van der Waals surface area contributed by atoms with Crippen LogP contribution >= 0.6 is 34.8 Å². The SMILES string of the molecule is O=C(O)C[C@@H](NC(=O)c1nc(Cl)ccc1Cl)c1ccccc1Cl. The number of carbonyl (C=O) groups excluding carboxylic acids is 1. The lowest BCUT2D eigenvalue weighted by Crippen LogP contribution is -2.31. The van der Waals surface area contributed by atoms with E-state index in [0.717, 1.165) is 0 Å². The van der Waals surface area contributed by atoms with Crippen molar-refractivity contribution in [3.05, 3.63) is 62.9 Å². The number of benzene rings is 1. The molecule has 120 valence electrons. The van der Waals surface area contributed by atoms with Gasteiger partial charge in [-0.1, -0.05) is 53.0 Å². The van der Waals surface area contributed by atoms with Crippen molar-refractivity contribution in [3.63, 3.8) is 0 Å². The summed E-state index contributed by atoms with van der Waals surface area (Å²) in [6, 6.07) is 8.72. The Balaban J connectivity index is 2.31. The molecule has 0 unspecified atom stereocenters. The molecule has 0 fully saturated rings. The van der Waals surface area contributed by atoms with Gasteiger partial charge in [0.2, 0.25) is 0 Å². The molecule has 2 aromatic rings. The third kappa shape index (κ3) is 4.58. The minimum atomic E-state index is -1.08. The van der Waals surface area contributed by atoms with Crippen LogP contribution in [0.25, 0.3) is 0 Å². The van der Waals surface area contributed by atoms with Crippen LogP contribution < -0.4 is 5.32 Å². The topological polar surface area (TPSA) is 79.3 Å². The van der Waals surface area contributed by atoms with Crippen molar-refractivity contribution in [2.45, 2.75) is 12.5 Å². The van der Waals surface area contributed by atoms with Gasteiger partial charge in [-0.15, -0.1) is 0 Å². The van der Waals surface area contributed by atoms with Crippen LogP contribution in [-0.2, 0) is 4.79 Å². The van der Waals surface area contributed by atoms with Crippen molar-refractivity contribution in [2.24, 2.45) is 0 Å². The minimum Gasteiger partial charge on any atom is -0.481 e. The molecule has 2 rings (SSSR count). The van der Waals surface area contributed by atoms with Gasteiger partial charge in [-0.25, -0.2) is 4.98 Å². The zero-order valence-corrected chi connectivity index (χ0v) is 13.9. The van der Waals surface area contributed by atoms with Gasteiger partial charge < -0.3 is 10.4 Å². The molecule has 1 atom stereocenters. The first-order valence-corrected chi connectivity index (χ1v) is 7.61. The molecule has 8 heteroatoms. The number of nitrogens with one attached hydrogen (secondary N) is 1. The van der Waals surface area contributed by atoms with E-state index in [0.29, 0.717) is 10.6 Å². The van der Waals surface area contributed by atoms with E-state index >= 15 is 0 Å². The van der Waals surface area contributed by atoms with E-state index in [1.807, 2.05) is 0 Å². The van der Waals surface area contributed by atoms with Crippen LogP contribution in [0.4, 0.5) is 0 Å². The summed E-state index contributed by atoms with van der Waals surface area (Å²) in [4.78, 5) is 27.3. The van der Waals surface area contributed by atoms with E-state index in [1.54, 1.807) is 24.3 Å². The summed E-state index contributed by atoms with van der Waals surface area (Å²) in [5.74, 6) is -1.72. The number of carbonyl (C=O) groups is 2. The van der Waals surface area contributed by atoms with Crippen molar-refractivity contribution >= 4 is 46.7 Å². The van der Waals surface area contributed by atoms with E-state index < -0.39 is 17.9 Å². The van der Waals surface area contributed by atoms with Crippen LogP contribution in [0.3, 0.4) is 0 Å². The molecule has 0 saturated heterocycles. The fourth-order valence-corrected chi connectivity index (χ4v) is 2.58. The minimum absolute atomic E-state index is 0.0818. The molecule has 23 heavy (non-hydrogen) atoms. The first-order chi connectivity index (χ1) is 10.9. The highest BCUT2D eigenvalue weighted by molar-refractivity contribution is 6.34. The summed E-state index contributed by atoms with van der Waals surface area (Å²) in [7, 11) is 0. The Kier molecular flexibility index (Phi) is 5.82. The monoisotopic (exact) mass is 372 g/mol. The number of amides is 1. The average molecular weight is 374 g/mol. The van der Waals surface area contributed by atoms with Gasteiger partial charge in [-0.2, -0.15) is 0 Å². The van der Waals surface area contributed by atoms with Crippen LogP contribution in [0, 0.1) is 0 Å². The lowest BCUT2D eigenvalue weighted by molar-refractivity contribution is -0.137. The van der Waals surface area contributed by atoms with Gasteiger partial charge in [0.15, 0.2) is 0 Å². The molecule has 0 bridgehead atoms. The second-order valence-corrected chi connectivity index (χ2v) is 5.81. The average Bonchev–Trinajstić information content (AvgIpc) is 2.49. The highest BCUT2D eigenvalue weighted by Crippen LogP contribution is 2.26. The first-order valence-electron chi connectivity index (χ1n) is 6.47. The number of pyridine rings is 1. The zero-order chi connectivity index (χ0) is 17.0. The molecular weight excluding hydrogens is 363 g/mol. The third-order valence-corrected chi connectivity index (χ3v) is 3.85. The number of nitrogens with zero attached hydrogens (tertiary/aromatic N) is 1. The number of rotatable bonds is 5. The second kappa shape index (κ2) is 7.64. The van der Waals surface area contributed by atoms with Crippen molar-refractivity contribution in [1.29, 1.82) is 0 Å². The summed E-state index contributed by atoms with van der Waals surface area (Å²) in [6.45, 7) is 0. The van der Waals surface area contributed by atoms with Gasteiger partial charge in [-0.05, 0) is 23.8 Å². The second-order valence-electron chi connectivity index (χ2n) is 4.61. The van der Waals surface area contributed by atoms with Crippen LogP contribution in [0.2, 0.25) is 15.2 Å². The number of aromatic nitrogens is 1. The summed E-state index contributed by atoms with van der Waals surface area (Å²) >= 11 is 17.8. The van der Waals surface area contributed by atoms with Crippen molar-refractivity contribution < 1.29 is 14.7 Å². The molecule has 2 N–H and O–H groups in total. The van der Waals surface area contributed by atoms with Gasteiger partial charge >= 0.3 is 5.97 Å². The molecule has 1 amide bonds. The Morgan fingerprint density at radius 1 is 1.09 bits per heavy atom. The predicted molar refractivity (Wildman–Crippen MR) is 88.2 cm³/mol. The fourth-order valence-electron chi connectivity index (χ4n) is 1.98. The summed E-state index contributed by atoms with van der Waals surface area (Å²) in [6.07, 6.45) is -0.340. The Labute approximate surface area is 147 Å². The standard InChI is InChI=1S/C15H11Cl3N2O3/c16-9-4-2-1-3-8(9)11(7-13(21)22)19-15(23)14-10(17)5-6-12(18)20-14/h1-6,11H,7H2,(H,19,23)(H,21,22)/t11-/m1/s1. The number of carboxylic acids is 1. The maximum atomic E-state index is 12.3. The Bertz CT molecular complexity index is 752. The molecular formula is C15H11Cl3N2O3. The van der Waals surface area contributed by atoms with Crippen LogP contribution in [0.1, 0.15) is 28.5 Å². The van der Waals surface area contributed by atoms with Gasteiger partial charge in [0.25, 0.3) is 5.91 Å². The number of hydrogen-bond donors (Lipinski definition) is 2. The van der Waals surface area contributed by atoms with Crippen molar-refractivity contribution in [3.8, 4) is 0 Å². The molecule has 0 spiro atoms. The summed E-state index contributed by atoms with van der Waals surface area (Å²) in [5.41, 5.74) is 0.407. The first kappa shape index (κ1) is 17.5. The van der Waals surface area contributed by atoms with E-state index in [9.17, 15) is 9.59 Å². The smallest absolute Gasteiger partial charge is 0.305 e. The van der Waals surface area contributed by atoms with Crippen LogP contribution in [0.5, 0.6) is 0 Å². The lowest BCUT2D eigenvalue weighted by Gasteiger charge is -2.18. The molecule has 1 heterocycles. The highest BCUT2D eigenvalue weighted by Gasteiger charge is 2.23. The van der Waals surface area contributed by atoms with Gasteiger partial charge in [0, 0.05) is 5.02 Å². The number of hydrogen-bond acceptors (Lipinski definition) is 3. The van der Waals surface area contributed by atoms with Crippen LogP contribution in [0.15, 0.2) is 36.4 Å². The van der Waals surface area contributed by atoms with E-state index in [1.165, 1.54) is 12.1 Å². The largest absolute Gasteiger partial charge is 0.481 e. The number of aliphatic carboxylic acids is 1. The van der Waals surface area contributed by atoms with E-state index in [-0.39, 0.29) is 22.3 Å². The molecule has 5 nitrogen and oxygen atoms in total. The van der Waals surface area contributed by atoms with E-state index in [4.69, 9.17) is 39.9 Å². The summed E-state index contributed by atoms with van der Waals surface area (Å²) in [5, 5.41) is 12.2. The Morgan fingerprint density at radius 3 is 2.43 bits per heavy atom. The quantitative estimate of drug-likeness (QED) is 0.777. The molecule has 0 aliphatic carbocycles. The highest BCUT2D eigenvalue weighted by atomic mass is 35.5.